The second kappa shape index (κ2) is 6.61. The Kier molecular flexibility index (Phi) is 4.81. The monoisotopic (exact) mass is 299 g/mol. The maximum atomic E-state index is 12.3. The molecule has 0 saturated carbocycles. The van der Waals surface area contributed by atoms with E-state index in [1.54, 1.807) is 30.9 Å². The molecular weight excluding hydrogens is 278 g/mol. The van der Waals surface area contributed by atoms with E-state index in [4.69, 9.17) is 5.26 Å². The van der Waals surface area contributed by atoms with Gasteiger partial charge in [0.1, 0.15) is 5.54 Å². The Hall–Kier alpha value is -2.35. The van der Waals surface area contributed by atoms with Crippen molar-refractivity contribution in [3.05, 3.63) is 35.9 Å². The second-order valence-electron chi connectivity index (χ2n) is 6.16. The molecule has 0 aromatic heterocycles. The quantitative estimate of drug-likeness (QED) is 0.927. The van der Waals surface area contributed by atoms with Crippen molar-refractivity contribution in [1.29, 1.82) is 5.26 Å². The van der Waals surface area contributed by atoms with E-state index in [-0.39, 0.29) is 17.7 Å². The highest BCUT2D eigenvalue weighted by Crippen LogP contribution is 2.20. The SMILES string of the molecule is CC(C)(C#N)NC(=O)C1CCN(C(=O)c2ccccc2)CC1. The zero-order chi connectivity index (χ0) is 16.2. The van der Waals surface area contributed by atoms with E-state index in [9.17, 15) is 9.59 Å². The van der Waals surface area contributed by atoms with Crippen molar-refractivity contribution in [3.8, 4) is 6.07 Å². The van der Waals surface area contributed by atoms with Crippen LogP contribution in [0.1, 0.15) is 37.0 Å². The van der Waals surface area contributed by atoms with E-state index in [0.717, 1.165) is 0 Å². The van der Waals surface area contributed by atoms with Crippen molar-refractivity contribution >= 4 is 11.8 Å². The predicted molar refractivity (Wildman–Crippen MR) is 82.9 cm³/mol. The van der Waals surface area contributed by atoms with Crippen molar-refractivity contribution in [2.75, 3.05) is 13.1 Å². The highest BCUT2D eigenvalue weighted by molar-refractivity contribution is 5.94. The fourth-order valence-electron chi connectivity index (χ4n) is 2.55. The van der Waals surface area contributed by atoms with Gasteiger partial charge in [-0.1, -0.05) is 18.2 Å². The van der Waals surface area contributed by atoms with Crippen LogP contribution in [-0.4, -0.2) is 35.3 Å². The molecule has 1 fully saturated rings. The first-order valence-corrected chi connectivity index (χ1v) is 7.50. The third-order valence-electron chi connectivity index (χ3n) is 3.89. The van der Waals surface area contributed by atoms with E-state index in [1.165, 1.54) is 0 Å². The average Bonchev–Trinajstić information content (AvgIpc) is 2.55. The molecule has 116 valence electrons. The summed E-state index contributed by atoms with van der Waals surface area (Å²) < 4.78 is 0. The molecule has 5 heteroatoms. The molecule has 2 amide bonds. The summed E-state index contributed by atoms with van der Waals surface area (Å²) in [7, 11) is 0. The van der Waals surface area contributed by atoms with Crippen LogP contribution in [0.4, 0.5) is 0 Å². The van der Waals surface area contributed by atoms with E-state index >= 15 is 0 Å². The summed E-state index contributed by atoms with van der Waals surface area (Å²) in [5.41, 5.74) is -0.176. The molecule has 0 atom stereocenters. The fraction of sp³-hybridized carbons (Fsp3) is 0.471. The van der Waals surface area contributed by atoms with Crippen LogP contribution in [0, 0.1) is 17.2 Å². The number of amides is 2. The minimum absolute atomic E-state index is 0.0109. The lowest BCUT2D eigenvalue weighted by Gasteiger charge is -2.32. The number of likely N-dealkylation sites (tertiary alicyclic amines) is 1. The molecule has 5 nitrogen and oxygen atoms in total. The smallest absolute Gasteiger partial charge is 0.253 e. The first kappa shape index (κ1) is 16.0. The van der Waals surface area contributed by atoms with Gasteiger partial charge in [-0.05, 0) is 38.8 Å². The summed E-state index contributed by atoms with van der Waals surface area (Å²) in [6.45, 7) is 4.50. The Balaban J connectivity index is 1.90. The summed E-state index contributed by atoms with van der Waals surface area (Å²) in [6.07, 6.45) is 1.26. The second-order valence-corrected chi connectivity index (χ2v) is 6.16. The van der Waals surface area contributed by atoms with E-state index in [0.29, 0.717) is 31.5 Å². The summed E-state index contributed by atoms with van der Waals surface area (Å²) >= 11 is 0. The van der Waals surface area contributed by atoms with Crippen LogP contribution in [0.25, 0.3) is 0 Å². The summed E-state index contributed by atoms with van der Waals surface area (Å²) in [6, 6.07) is 11.2. The van der Waals surface area contributed by atoms with Crippen molar-refractivity contribution in [2.24, 2.45) is 5.92 Å². The van der Waals surface area contributed by atoms with Gasteiger partial charge in [-0.25, -0.2) is 0 Å². The molecule has 0 spiro atoms. The molecule has 1 aromatic carbocycles. The van der Waals surface area contributed by atoms with Crippen LogP contribution in [-0.2, 0) is 4.79 Å². The minimum Gasteiger partial charge on any atom is -0.339 e. The van der Waals surface area contributed by atoms with Gasteiger partial charge in [-0.15, -0.1) is 0 Å². The predicted octanol–water partition coefficient (Wildman–Crippen LogP) is 1.96. The number of carbonyl (C=O) groups is 2. The Labute approximate surface area is 130 Å². The van der Waals surface area contributed by atoms with Crippen LogP contribution < -0.4 is 5.32 Å². The van der Waals surface area contributed by atoms with Gasteiger partial charge in [0.2, 0.25) is 5.91 Å². The maximum Gasteiger partial charge on any atom is 0.253 e. The Morgan fingerprint density at radius 2 is 1.82 bits per heavy atom. The van der Waals surface area contributed by atoms with Crippen LogP contribution >= 0.6 is 0 Å². The van der Waals surface area contributed by atoms with Gasteiger partial charge in [0, 0.05) is 24.6 Å². The first-order chi connectivity index (χ1) is 10.4. The highest BCUT2D eigenvalue weighted by Gasteiger charge is 2.30. The molecule has 1 aliphatic heterocycles. The van der Waals surface area contributed by atoms with Crippen molar-refractivity contribution < 1.29 is 9.59 Å². The highest BCUT2D eigenvalue weighted by atomic mass is 16.2. The number of carbonyl (C=O) groups excluding carboxylic acids is 2. The van der Waals surface area contributed by atoms with Gasteiger partial charge in [-0.2, -0.15) is 5.26 Å². The normalized spacial score (nSPS) is 16.0. The molecule has 1 N–H and O–H groups in total. The molecule has 1 heterocycles. The number of nitrogens with zero attached hydrogens (tertiary/aromatic N) is 2. The number of benzene rings is 1. The first-order valence-electron chi connectivity index (χ1n) is 7.50. The number of piperidine rings is 1. The van der Waals surface area contributed by atoms with Gasteiger partial charge >= 0.3 is 0 Å². The van der Waals surface area contributed by atoms with Crippen LogP contribution in [0.15, 0.2) is 30.3 Å². The fourth-order valence-corrected chi connectivity index (χ4v) is 2.55. The summed E-state index contributed by atoms with van der Waals surface area (Å²) in [4.78, 5) is 26.3. The summed E-state index contributed by atoms with van der Waals surface area (Å²) in [5, 5.41) is 11.7. The molecular formula is C17H21N3O2. The van der Waals surface area contributed by atoms with Crippen molar-refractivity contribution in [3.63, 3.8) is 0 Å². The van der Waals surface area contributed by atoms with Gasteiger partial charge in [0.15, 0.2) is 0 Å². The van der Waals surface area contributed by atoms with E-state index in [1.807, 2.05) is 18.2 Å². The molecule has 1 saturated heterocycles. The lowest BCUT2D eigenvalue weighted by Crippen LogP contribution is -2.48. The molecule has 1 aromatic rings. The standard InChI is InChI=1S/C17H21N3O2/c1-17(2,12-18)19-15(21)13-8-10-20(11-9-13)16(22)14-6-4-3-5-7-14/h3-7,13H,8-11H2,1-2H3,(H,19,21). The Bertz CT molecular complexity index is 582. The molecule has 0 aliphatic carbocycles. The Morgan fingerprint density at radius 3 is 2.36 bits per heavy atom. The van der Waals surface area contributed by atoms with E-state index < -0.39 is 5.54 Å². The number of rotatable bonds is 3. The average molecular weight is 299 g/mol. The lowest BCUT2D eigenvalue weighted by molar-refractivity contribution is -0.127. The molecule has 0 unspecified atom stereocenters. The molecule has 0 bridgehead atoms. The largest absolute Gasteiger partial charge is 0.339 e. The number of hydrogen-bond donors (Lipinski definition) is 1. The van der Waals surface area contributed by atoms with Crippen LogP contribution in [0.5, 0.6) is 0 Å². The van der Waals surface area contributed by atoms with Gasteiger partial charge in [0.25, 0.3) is 5.91 Å². The Morgan fingerprint density at radius 1 is 1.23 bits per heavy atom. The minimum atomic E-state index is -0.853. The third kappa shape index (κ3) is 3.85. The van der Waals surface area contributed by atoms with Crippen molar-refractivity contribution in [2.45, 2.75) is 32.2 Å². The van der Waals surface area contributed by atoms with Gasteiger partial charge in [0.05, 0.1) is 6.07 Å². The van der Waals surface area contributed by atoms with E-state index in [2.05, 4.69) is 11.4 Å². The molecule has 2 rings (SSSR count). The van der Waals surface area contributed by atoms with Gasteiger partial charge in [-0.3, -0.25) is 9.59 Å². The number of hydrogen-bond acceptors (Lipinski definition) is 3. The van der Waals surface area contributed by atoms with Crippen molar-refractivity contribution in [1.82, 2.24) is 10.2 Å². The zero-order valence-corrected chi connectivity index (χ0v) is 13.0. The van der Waals surface area contributed by atoms with Gasteiger partial charge < -0.3 is 10.2 Å². The third-order valence-corrected chi connectivity index (χ3v) is 3.89. The molecule has 1 aliphatic rings. The lowest BCUT2D eigenvalue weighted by atomic mass is 9.94. The zero-order valence-electron chi connectivity index (χ0n) is 13.0. The van der Waals surface area contributed by atoms with Crippen LogP contribution in [0.2, 0.25) is 0 Å². The number of nitrogens with one attached hydrogen (secondary N) is 1. The number of nitriles is 1. The maximum absolute atomic E-state index is 12.3. The topological polar surface area (TPSA) is 73.2 Å². The molecule has 0 radical (unpaired) electrons. The molecule has 22 heavy (non-hydrogen) atoms. The summed E-state index contributed by atoms with van der Waals surface area (Å²) in [5.74, 6) is -0.220. The van der Waals surface area contributed by atoms with Crippen LogP contribution in [0.3, 0.4) is 0 Å².